The Morgan fingerprint density at radius 2 is 2.17 bits per heavy atom. The van der Waals surface area contributed by atoms with E-state index in [0.717, 1.165) is 60.9 Å². The fourth-order valence-corrected chi connectivity index (χ4v) is 3.45. The summed E-state index contributed by atoms with van der Waals surface area (Å²) >= 11 is 1.86. The van der Waals surface area contributed by atoms with Crippen molar-refractivity contribution >= 4 is 11.8 Å². The van der Waals surface area contributed by atoms with Gasteiger partial charge in [0.1, 0.15) is 11.9 Å². The zero-order valence-corrected chi connectivity index (χ0v) is 11.2. The lowest BCUT2D eigenvalue weighted by atomic mass is 10.1. The molecule has 4 nitrogen and oxygen atoms in total. The molecule has 1 saturated heterocycles. The Labute approximate surface area is 111 Å². The van der Waals surface area contributed by atoms with Crippen molar-refractivity contribution < 1.29 is 4.74 Å². The van der Waals surface area contributed by atoms with E-state index in [9.17, 15) is 4.79 Å². The van der Waals surface area contributed by atoms with Crippen molar-refractivity contribution in [2.24, 2.45) is 0 Å². The number of nitrogens with zero attached hydrogens (tertiary/aromatic N) is 1. The normalized spacial score (nSPS) is 24.3. The van der Waals surface area contributed by atoms with Crippen molar-refractivity contribution in [1.82, 2.24) is 9.97 Å². The van der Waals surface area contributed by atoms with Crippen molar-refractivity contribution in [3.05, 3.63) is 27.4 Å². The van der Waals surface area contributed by atoms with E-state index in [2.05, 4.69) is 9.97 Å². The SMILES string of the molecule is O=c1[nH]c(C2CSCCO2)nc2c1CCCCC2. The molecule has 0 saturated carbocycles. The minimum Gasteiger partial charge on any atom is -0.369 e. The summed E-state index contributed by atoms with van der Waals surface area (Å²) in [6.45, 7) is 0.746. The maximum Gasteiger partial charge on any atom is 0.254 e. The Hall–Kier alpha value is -0.810. The number of aromatic nitrogens is 2. The third kappa shape index (κ3) is 2.47. The van der Waals surface area contributed by atoms with Gasteiger partial charge in [-0.25, -0.2) is 4.98 Å². The van der Waals surface area contributed by atoms with Gasteiger partial charge in [0.15, 0.2) is 0 Å². The van der Waals surface area contributed by atoms with Crippen LogP contribution >= 0.6 is 11.8 Å². The first-order chi connectivity index (χ1) is 8.84. The van der Waals surface area contributed by atoms with Gasteiger partial charge in [-0.05, 0) is 25.7 Å². The van der Waals surface area contributed by atoms with Crippen LogP contribution in [0.15, 0.2) is 4.79 Å². The van der Waals surface area contributed by atoms with Crippen molar-refractivity contribution in [3.8, 4) is 0 Å². The zero-order chi connectivity index (χ0) is 12.4. The van der Waals surface area contributed by atoms with Gasteiger partial charge in [-0.1, -0.05) is 6.42 Å². The molecule has 0 aromatic carbocycles. The highest BCUT2D eigenvalue weighted by atomic mass is 32.2. The maximum absolute atomic E-state index is 12.1. The van der Waals surface area contributed by atoms with Gasteiger partial charge in [-0.2, -0.15) is 11.8 Å². The van der Waals surface area contributed by atoms with Crippen LogP contribution in [0.5, 0.6) is 0 Å². The van der Waals surface area contributed by atoms with E-state index in [-0.39, 0.29) is 11.7 Å². The lowest BCUT2D eigenvalue weighted by Gasteiger charge is -2.22. The molecule has 1 aromatic rings. The third-order valence-corrected chi connectivity index (χ3v) is 4.57. The maximum atomic E-state index is 12.1. The van der Waals surface area contributed by atoms with Crippen LogP contribution in [0, 0.1) is 0 Å². The summed E-state index contributed by atoms with van der Waals surface area (Å²) in [4.78, 5) is 19.7. The topological polar surface area (TPSA) is 55.0 Å². The highest BCUT2D eigenvalue weighted by Gasteiger charge is 2.22. The molecule has 2 heterocycles. The number of nitrogens with one attached hydrogen (secondary N) is 1. The minimum absolute atomic E-state index is 0.0370. The molecule has 1 atom stereocenters. The molecule has 0 amide bonds. The van der Waals surface area contributed by atoms with Crippen LogP contribution in [0.4, 0.5) is 0 Å². The van der Waals surface area contributed by atoms with E-state index < -0.39 is 0 Å². The molecular weight excluding hydrogens is 248 g/mol. The molecule has 3 rings (SSSR count). The average molecular weight is 266 g/mol. The third-order valence-electron chi connectivity index (χ3n) is 3.58. The van der Waals surface area contributed by atoms with E-state index in [1.54, 1.807) is 0 Å². The molecule has 1 fully saturated rings. The van der Waals surface area contributed by atoms with E-state index in [1.165, 1.54) is 6.42 Å². The number of aromatic amines is 1. The van der Waals surface area contributed by atoms with Crippen molar-refractivity contribution in [2.75, 3.05) is 18.1 Å². The number of thioether (sulfide) groups is 1. The lowest BCUT2D eigenvalue weighted by molar-refractivity contribution is 0.0690. The Balaban J connectivity index is 1.94. The summed E-state index contributed by atoms with van der Waals surface area (Å²) in [6, 6.07) is 0. The summed E-state index contributed by atoms with van der Waals surface area (Å²) in [6.07, 6.45) is 5.21. The molecule has 5 heteroatoms. The van der Waals surface area contributed by atoms with Crippen LogP contribution in [-0.4, -0.2) is 28.1 Å². The highest BCUT2D eigenvalue weighted by molar-refractivity contribution is 7.99. The fraction of sp³-hybridized carbons (Fsp3) is 0.692. The van der Waals surface area contributed by atoms with Gasteiger partial charge in [0.2, 0.25) is 0 Å². The molecule has 1 aliphatic heterocycles. The van der Waals surface area contributed by atoms with Crippen LogP contribution < -0.4 is 5.56 Å². The molecule has 1 N–H and O–H groups in total. The first-order valence-corrected chi connectivity index (χ1v) is 7.81. The molecule has 0 bridgehead atoms. The van der Waals surface area contributed by atoms with Gasteiger partial charge < -0.3 is 9.72 Å². The van der Waals surface area contributed by atoms with E-state index in [4.69, 9.17) is 4.74 Å². The number of fused-ring (bicyclic) bond motifs is 1. The monoisotopic (exact) mass is 266 g/mol. The number of aryl methyl sites for hydroxylation is 1. The van der Waals surface area contributed by atoms with Crippen LogP contribution in [0.2, 0.25) is 0 Å². The molecule has 2 aliphatic rings. The molecule has 1 aliphatic carbocycles. The fourth-order valence-electron chi connectivity index (χ4n) is 2.60. The van der Waals surface area contributed by atoms with Crippen LogP contribution in [-0.2, 0) is 17.6 Å². The zero-order valence-electron chi connectivity index (χ0n) is 10.4. The van der Waals surface area contributed by atoms with Crippen molar-refractivity contribution in [3.63, 3.8) is 0 Å². The molecule has 0 radical (unpaired) electrons. The standard InChI is InChI=1S/C13H18N2O2S/c16-13-9-4-2-1-3-5-10(9)14-12(15-13)11-8-18-7-6-17-11/h11H,1-8H2,(H,14,15,16). The van der Waals surface area contributed by atoms with E-state index in [1.807, 2.05) is 11.8 Å². The predicted octanol–water partition coefficient (Wildman–Crippen LogP) is 1.84. The molecule has 0 spiro atoms. The van der Waals surface area contributed by atoms with Crippen molar-refractivity contribution in [1.29, 1.82) is 0 Å². The predicted molar refractivity (Wildman–Crippen MR) is 72.1 cm³/mol. The number of H-pyrrole nitrogens is 1. The minimum atomic E-state index is -0.0370. The lowest BCUT2D eigenvalue weighted by Crippen LogP contribution is -2.25. The van der Waals surface area contributed by atoms with E-state index >= 15 is 0 Å². The Morgan fingerprint density at radius 3 is 3.00 bits per heavy atom. The van der Waals surface area contributed by atoms with E-state index in [0.29, 0.717) is 0 Å². The Morgan fingerprint density at radius 1 is 1.28 bits per heavy atom. The number of rotatable bonds is 1. The first kappa shape index (κ1) is 12.2. The number of ether oxygens (including phenoxy) is 1. The second kappa shape index (κ2) is 5.45. The quantitative estimate of drug-likeness (QED) is 0.788. The first-order valence-electron chi connectivity index (χ1n) is 6.66. The highest BCUT2D eigenvalue weighted by Crippen LogP contribution is 2.25. The van der Waals surface area contributed by atoms with Gasteiger partial charge in [0, 0.05) is 17.1 Å². The van der Waals surface area contributed by atoms with Crippen LogP contribution in [0.1, 0.15) is 42.4 Å². The molecular formula is C13H18N2O2S. The van der Waals surface area contributed by atoms with Crippen molar-refractivity contribution in [2.45, 2.75) is 38.2 Å². The number of hydrogen-bond donors (Lipinski definition) is 1. The molecule has 1 aromatic heterocycles. The molecule has 1 unspecified atom stereocenters. The smallest absolute Gasteiger partial charge is 0.254 e. The van der Waals surface area contributed by atoms with Crippen LogP contribution in [0.3, 0.4) is 0 Å². The second-order valence-electron chi connectivity index (χ2n) is 4.87. The Bertz CT molecular complexity index is 480. The average Bonchev–Trinajstić information content (AvgIpc) is 2.65. The summed E-state index contributed by atoms with van der Waals surface area (Å²) in [5.41, 5.74) is 1.96. The van der Waals surface area contributed by atoms with Gasteiger partial charge in [-0.3, -0.25) is 4.79 Å². The summed E-state index contributed by atoms with van der Waals surface area (Å²) in [7, 11) is 0. The molecule has 18 heavy (non-hydrogen) atoms. The Kier molecular flexibility index (Phi) is 3.70. The van der Waals surface area contributed by atoms with Gasteiger partial charge in [-0.15, -0.1) is 0 Å². The van der Waals surface area contributed by atoms with Gasteiger partial charge in [0.05, 0.1) is 12.3 Å². The summed E-state index contributed by atoms with van der Waals surface area (Å²) < 4.78 is 5.69. The second-order valence-corrected chi connectivity index (χ2v) is 6.02. The number of hydrogen-bond acceptors (Lipinski definition) is 4. The van der Waals surface area contributed by atoms with Gasteiger partial charge in [0.25, 0.3) is 5.56 Å². The largest absolute Gasteiger partial charge is 0.369 e. The van der Waals surface area contributed by atoms with Crippen LogP contribution in [0.25, 0.3) is 0 Å². The summed E-state index contributed by atoms with van der Waals surface area (Å²) in [5, 5.41) is 0. The summed E-state index contributed by atoms with van der Waals surface area (Å²) in [5.74, 6) is 2.65. The molecule has 98 valence electrons. The van der Waals surface area contributed by atoms with Gasteiger partial charge >= 0.3 is 0 Å².